The van der Waals surface area contributed by atoms with Gasteiger partial charge in [0.15, 0.2) is 0 Å². The summed E-state index contributed by atoms with van der Waals surface area (Å²) < 4.78 is 46.0. The first-order chi connectivity index (χ1) is 29.2. The van der Waals surface area contributed by atoms with Crippen molar-refractivity contribution >= 4 is 39.8 Å². The van der Waals surface area contributed by atoms with Gasteiger partial charge in [-0.1, -0.05) is 119 Å². The molecule has 0 saturated heterocycles. The first-order valence-corrected chi connectivity index (χ1v) is 21.9. The van der Waals surface area contributed by atoms with Gasteiger partial charge in [-0.05, 0) is 72.1 Å². The SMILES string of the molecule is COC(=O)NC(C(=O)NCCCCC(COC(=O)[C@@H](NC(=O)OCc1ccccc1)C(C)C)N(CC(C)C)S(=O)(=O)c1ccc(N)cc1)C(c1ccccc1)c1ccccc1. The largest absolute Gasteiger partial charge is 0.462 e. The summed E-state index contributed by atoms with van der Waals surface area (Å²) in [5.74, 6) is -2.21. The molecule has 0 aliphatic carbocycles. The smallest absolute Gasteiger partial charge is 0.408 e. The van der Waals surface area contributed by atoms with Crippen LogP contribution in [-0.4, -0.2) is 81.7 Å². The van der Waals surface area contributed by atoms with Crippen LogP contribution in [0.4, 0.5) is 15.3 Å². The molecular weight excluding hydrogens is 799 g/mol. The van der Waals surface area contributed by atoms with E-state index in [-0.39, 0.29) is 49.5 Å². The van der Waals surface area contributed by atoms with E-state index in [9.17, 15) is 27.6 Å². The topological polar surface area (TPSA) is 195 Å². The van der Waals surface area contributed by atoms with E-state index in [1.165, 1.54) is 35.7 Å². The second-order valence-corrected chi connectivity index (χ2v) is 17.3. The maximum absolute atomic E-state index is 14.3. The molecule has 2 unspecified atom stereocenters. The number of benzene rings is 4. The maximum atomic E-state index is 14.3. The number of alkyl carbamates (subject to hydrolysis) is 2. The lowest BCUT2D eigenvalue weighted by Gasteiger charge is -2.32. The number of ether oxygens (including phenoxy) is 3. The number of sulfonamides is 1. The van der Waals surface area contributed by atoms with Crippen molar-refractivity contribution in [1.29, 1.82) is 0 Å². The fraction of sp³-hybridized carbons (Fsp3) is 0.391. The van der Waals surface area contributed by atoms with Gasteiger partial charge in [-0.15, -0.1) is 0 Å². The van der Waals surface area contributed by atoms with Crippen LogP contribution in [0.15, 0.2) is 120 Å². The Balaban J connectivity index is 1.51. The molecule has 0 bridgehead atoms. The number of unbranched alkanes of at least 4 members (excludes halogenated alkanes) is 1. The van der Waals surface area contributed by atoms with Gasteiger partial charge < -0.3 is 35.9 Å². The summed E-state index contributed by atoms with van der Waals surface area (Å²) in [4.78, 5) is 52.9. The quantitative estimate of drug-likeness (QED) is 0.0289. The zero-order chi connectivity index (χ0) is 44.4. The van der Waals surface area contributed by atoms with Crippen molar-refractivity contribution in [2.24, 2.45) is 11.8 Å². The molecule has 0 aliphatic heterocycles. The summed E-state index contributed by atoms with van der Waals surface area (Å²) in [6.07, 6.45) is -0.469. The monoisotopic (exact) mass is 857 g/mol. The number of nitrogens with zero attached hydrogens (tertiary/aromatic N) is 1. The third-order valence-electron chi connectivity index (χ3n) is 9.92. The first kappa shape index (κ1) is 47.7. The van der Waals surface area contributed by atoms with Gasteiger partial charge in [0.1, 0.15) is 25.3 Å². The second kappa shape index (κ2) is 23.8. The molecular formula is C46H59N5O9S. The Bertz CT molecular complexity index is 2050. The Morgan fingerprint density at radius 2 is 1.26 bits per heavy atom. The molecule has 4 rings (SSSR count). The molecule has 0 spiro atoms. The number of anilines is 1. The minimum absolute atomic E-state index is 0.00526. The van der Waals surface area contributed by atoms with Crippen molar-refractivity contribution in [1.82, 2.24) is 20.3 Å². The third kappa shape index (κ3) is 14.6. The van der Waals surface area contributed by atoms with E-state index in [1.807, 2.05) is 105 Å². The van der Waals surface area contributed by atoms with E-state index in [0.717, 1.165) is 16.7 Å². The number of carbonyl (C=O) groups excluding carboxylic acids is 4. The Hall–Kier alpha value is -5.93. The summed E-state index contributed by atoms with van der Waals surface area (Å²) in [6.45, 7) is 7.28. The zero-order valence-electron chi connectivity index (χ0n) is 35.5. The zero-order valence-corrected chi connectivity index (χ0v) is 36.3. The van der Waals surface area contributed by atoms with Crippen LogP contribution in [0.25, 0.3) is 0 Å². The number of nitrogens with one attached hydrogen (secondary N) is 3. The summed E-state index contributed by atoms with van der Waals surface area (Å²) in [5, 5.41) is 8.28. The minimum atomic E-state index is -4.12. The molecule has 61 heavy (non-hydrogen) atoms. The predicted octanol–water partition coefficient (Wildman–Crippen LogP) is 6.62. The van der Waals surface area contributed by atoms with Crippen molar-refractivity contribution < 1.29 is 41.8 Å². The minimum Gasteiger partial charge on any atom is -0.462 e. The van der Waals surface area contributed by atoms with Crippen LogP contribution >= 0.6 is 0 Å². The Kier molecular flexibility index (Phi) is 18.6. The lowest BCUT2D eigenvalue weighted by atomic mass is 9.84. The number of rotatable bonds is 22. The Morgan fingerprint density at radius 3 is 1.80 bits per heavy atom. The van der Waals surface area contributed by atoms with Gasteiger partial charge in [0.05, 0.1) is 18.0 Å². The summed E-state index contributed by atoms with van der Waals surface area (Å²) in [7, 11) is -2.89. The Labute approximate surface area is 359 Å². The number of esters is 1. The van der Waals surface area contributed by atoms with Crippen LogP contribution in [0, 0.1) is 11.8 Å². The normalized spacial score (nSPS) is 13.0. The molecule has 0 heterocycles. The van der Waals surface area contributed by atoms with E-state index in [4.69, 9.17) is 19.9 Å². The van der Waals surface area contributed by atoms with Crippen LogP contribution in [0.1, 0.15) is 69.6 Å². The van der Waals surface area contributed by atoms with Gasteiger partial charge in [-0.3, -0.25) is 4.79 Å². The third-order valence-corrected chi connectivity index (χ3v) is 11.9. The van der Waals surface area contributed by atoms with Gasteiger partial charge in [-0.2, -0.15) is 4.31 Å². The highest BCUT2D eigenvalue weighted by Crippen LogP contribution is 2.29. The van der Waals surface area contributed by atoms with Gasteiger partial charge >= 0.3 is 18.2 Å². The van der Waals surface area contributed by atoms with Crippen molar-refractivity contribution in [3.05, 3.63) is 132 Å². The highest BCUT2D eigenvalue weighted by molar-refractivity contribution is 7.89. The van der Waals surface area contributed by atoms with Gasteiger partial charge in [-0.25, -0.2) is 22.8 Å². The van der Waals surface area contributed by atoms with Gasteiger partial charge in [0, 0.05) is 24.7 Å². The molecule has 0 saturated carbocycles. The Morgan fingerprint density at radius 1 is 0.705 bits per heavy atom. The van der Waals surface area contributed by atoms with Crippen LogP contribution in [0.5, 0.6) is 0 Å². The van der Waals surface area contributed by atoms with E-state index in [0.29, 0.717) is 18.5 Å². The van der Waals surface area contributed by atoms with Gasteiger partial charge in [0.25, 0.3) is 0 Å². The molecule has 4 aromatic carbocycles. The van der Waals surface area contributed by atoms with E-state index in [1.54, 1.807) is 13.8 Å². The molecule has 0 fully saturated rings. The van der Waals surface area contributed by atoms with Crippen molar-refractivity contribution in [2.75, 3.05) is 32.5 Å². The lowest BCUT2D eigenvalue weighted by Crippen LogP contribution is -2.50. The summed E-state index contributed by atoms with van der Waals surface area (Å²) in [6, 6.07) is 30.8. The van der Waals surface area contributed by atoms with Crippen molar-refractivity contribution in [3.8, 4) is 0 Å². The molecule has 3 amide bonds. The average Bonchev–Trinajstić information content (AvgIpc) is 3.25. The standard InChI is InChI=1S/C46H59N5O9S/c1-32(2)29-51(61(56,57)39-26-24-37(47)25-27-39)38(31-59-44(53)41(33(3)4)49-46(55)60-30-34-17-9-6-10-18-34)23-15-16-28-48-43(52)42(50-45(54)58-5)40(35-19-11-7-12-20-35)36-21-13-8-14-22-36/h6-14,17-22,24-27,32-33,38,40-42H,15-16,23,28-31,47H2,1-5H3,(H,48,52)(H,49,55)(H,50,54)/t38?,41-,42?/m0/s1. The van der Waals surface area contributed by atoms with Crippen LogP contribution in [-0.2, 0) is 40.4 Å². The number of methoxy groups -OCH3 is 1. The van der Waals surface area contributed by atoms with Gasteiger partial charge in [0.2, 0.25) is 15.9 Å². The van der Waals surface area contributed by atoms with E-state index < -0.39 is 58.1 Å². The van der Waals surface area contributed by atoms with Crippen LogP contribution < -0.4 is 21.7 Å². The van der Waals surface area contributed by atoms with Crippen molar-refractivity contribution in [3.63, 3.8) is 0 Å². The number of amides is 3. The molecule has 0 aliphatic rings. The summed E-state index contributed by atoms with van der Waals surface area (Å²) >= 11 is 0. The fourth-order valence-corrected chi connectivity index (χ4v) is 8.56. The highest BCUT2D eigenvalue weighted by atomic mass is 32.2. The summed E-state index contributed by atoms with van der Waals surface area (Å²) in [5.41, 5.74) is 8.69. The molecule has 3 atom stereocenters. The average molecular weight is 858 g/mol. The second-order valence-electron chi connectivity index (χ2n) is 15.4. The van der Waals surface area contributed by atoms with Crippen LogP contribution in [0.3, 0.4) is 0 Å². The fourth-order valence-electron chi connectivity index (χ4n) is 6.76. The number of carbonyl (C=O) groups is 4. The number of hydrogen-bond donors (Lipinski definition) is 4. The molecule has 5 N–H and O–H groups in total. The van der Waals surface area contributed by atoms with E-state index in [2.05, 4.69) is 16.0 Å². The molecule has 328 valence electrons. The predicted molar refractivity (Wildman–Crippen MR) is 234 cm³/mol. The molecule has 0 radical (unpaired) electrons. The van der Waals surface area contributed by atoms with Crippen molar-refractivity contribution in [2.45, 2.75) is 82.5 Å². The van der Waals surface area contributed by atoms with E-state index >= 15 is 0 Å². The number of nitrogen functional groups attached to an aromatic ring is 1. The lowest BCUT2D eigenvalue weighted by molar-refractivity contribution is -0.148. The van der Waals surface area contributed by atoms with Crippen LogP contribution in [0.2, 0.25) is 0 Å². The highest BCUT2D eigenvalue weighted by Gasteiger charge is 2.35. The molecule has 0 aromatic heterocycles. The molecule has 14 nitrogen and oxygen atoms in total. The molecule has 4 aromatic rings. The maximum Gasteiger partial charge on any atom is 0.408 e. The first-order valence-electron chi connectivity index (χ1n) is 20.4. The number of hydrogen-bond acceptors (Lipinski definition) is 10. The molecule has 15 heteroatoms. The number of nitrogens with two attached hydrogens (primary N) is 1.